The molecule has 1 atom stereocenters. The van der Waals surface area contributed by atoms with E-state index in [9.17, 15) is 28.2 Å². The maximum Gasteiger partial charge on any atom is 0.438 e. The van der Waals surface area contributed by atoms with Crippen molar-refractivity contribution in [3.8, 4) is 5.75 Å². The van der Waals surface area contributed by atoms with Gasteiger partial charge in [0.05, 0.1) is 0 Å². The van der Waals surface area contributed by atoms with Crippen LogP contribution in [0.25, 0.3) is 0 Å². The minimum absolute atomic E-state index is 0.0239. The summed E-state index contributed by atoms with van der Waals surface area (Å²) >= 11 is 0. The average molecular weight is 384 g/mol. The van der Waals surface area contributed by atoms with Crippen molar-refractivity contribution < 1.29 is 28.2 Å². The molecule has 0 spiro atoms. The molecule has 1 aliphatic heterocycles. The molecule has 0 aromatic heterocycles. The highest BCUT2D eigenvalue weighted by molar-refractivity contribution is 5.92. The second-order valence-electron chi connectivity index (χ2n) is 7.25. The van der Waals surface area contributed by atoms with Crippen molar-refractivity contribution in [3.05, 3.63) is 29.8 Å². The van der Waals surface area contributed by atoms with Crippen molar-refractivity contribution in [2.75, 3.05) is 0 Å². The molecule has 8 heteroatoms. The summed E-state index contributed by atoms with van der Waals surface area (Å²) in [6.45, 7) is 0. The lowest BCUT2D eigenvalue weighted by atomic mass is 9.83. The maximum atomic E-state index is 13.6. The van der Waals surface area contributed by atoms with Gasteiger partial charge < -0.3 is 10.2 Å². The van der Waals surface area contributed by atoms with Gasteiger partial charge >= 0.3 is 6.18 Å². The van der Waals surface area contributed by atoms with Crippen molar-refractivity contribution in [1.82, 2.24) is 5.01 Å². The molecule has 1 heterocycles. The van der Waals surface area contributed by atoms with Crippen LogP contribution in [0.5, 0.6) is 5.75 Å². The summed E-state index contributed by atoms with van der Waals surface area (Å²) in [5.41, 5.74) is -2.59. The van der Waals surface area contributed by atoms with E-state index >= 15 is 0 Å². The number of aliphatic hydroxyl groups is 1. The summed E-state index contributed by atoms with van der Waals surface area (Å²) in [4.78, 5) is 12.5. The van der Waals surface area contributed by atoms with Gasteiger partial charge in [0.1, 0.15) is 5.75 Å². The summed E-state index contributed by atoms with van der Waals surface area (Å²) < 4.78 is 40.7. The van der Waals surface area contributed by atoms with Crippen LogP contribution in [0.3, 0.4) is 0 Å². The molecule has 1 aliphatic carbocycles. The van der Waals surface area contributed by atoms with E-state index in [1.165, 1.54) is 6.07 Å². The number of hydrazone groups is 1. The number of aromatic hydroxyl groups is 1. The van der Waals surface area contributed by atoms with Crippen molar-refractivity contribution in [2.24, 2.45) is 11.0 Å². The van der Waals surface area contributed by atoms with Crippen LogP contribution in [0, 0.1) is 5.92 Å². The van der Waals surface area contributed by atoms with E-state index in [0.717, 1.165) is 32.1 Å². The molecule has 1 fully saturated rings. The number of rotatable bonds is 4. The van der Waals surface area contributed by atoms with Gasteiger partial charge in [-0.05, 0) is 36.8 Å². The van der Waals surface area contributed by atoms with Crippen LogP contribution in [-0.4, -0.2) is 38.7 Å². The standard InChI is InChI=1S/C19H23F3N2O3/c20-19(21,22)18(27)12-15(13-6-2-1-3-7-13)23-24(18)17(26)11-10-14-8-4-5-9-16(14)25/h4-5,8-9,13,25,27H,1-3,6-7,10-12H2. The number of amides is 1. The Bertz CT molecular complexity index is 729. The molecule has 0 radical (unpaired) electrons. The molecule has 1 amide bonds. The molecule has 2 aliphatic rings. The minimum Gasteiger partial charge on any atom is -0.508 e. The van der Waals surface area contributed by atoms with Crippen molar-refractivity contribution >= 4 is 11.6 Å². The highest BCUT2D eigenvalue weighted by Gasteiger charge is 2.63. The Morgan fingerprint density at radius 1 is 1.22 bits per heavy atom. The van der Waals surface area contributed by atoms with Gasteiger partial charge in [-0.1, -0.05) is 37.5 Å². The first-order chi connectivity index (χ1) is 12.7. The predicted molar refractivity (Wildman–Crippen MR) is 92.9 cm³/mol. The Morgan fingerprint density at radius 3 is 2.52 bits per heavy atom. The number of halogens is 3. The monoisotopic (exact) mass is 384 g/mol. The second-order valence-corrected chi connectivity index (χ2v) is 7.25. The highest BCUT2D eigenvalue weighted by atomic mass is 19.4. The van der Waals surface area contributed by atoms with Crippen molar-refractivity contribution in [1.29, 1.82) is 0 Å². The summed E-state index contributed by atoms with van der Waals surface area (Å²) in [6, 6.07) is 6.32. The van der Waals surface area contributed by atoms with Crippen molar-refractivity contribution in [3.63, 3.8) is 0 Å². The van der Waals surface area contributed by atoms with E-state index in [1.54, 1.807) is 18.2 Å². The van der Waals surface area contributed by atoms with Crippen LogP contribution in [0.2, 0.25) is 0 Å². The molecular formula is C19H23F3N2O3. The number of para-hydroxylation sites is 1. The first kappa shape index (κ1) is 19.7. The van der Waals surface area contributed by atoms with Gasteiger partial charge in [0.25, 0.3) is 5.72 Å². The number of hydrogen-bond donors (Lipinski definition) is 2. The number of phenols is 1. The molecular weight excluding hydrogens is 361 g/mol. The van der Waals surface area contributed by atoms with Crippen LogP contribution in [-0.2, 0) is 11.2 Å². The number of carbonyl (C=O) groups excluding carboxylic acids is 1. The third kappa shape index (κ3) is 3.95. The number of carbonyl (C=O) groups is 1. The lowest BCUT2D eigenvalue weighted by Crippen LogP contribution is -2.56. The summed E-state index contributed by atoms with van der Waals surface area (Å²) in [6.07, 6.45) is -1.61. The lowest BCUT2D eigenvalue weighted by Gasteiger charge is -2.32. The molecule has 5 nitrogen and oxygen atoms in total. The third-order valence-corrected chi connectivity index (χ3v) is 5.37. The normalized spacial score (nSPS) is 24.1. The minimum atomic E-state index is -5.00. The number of nitrogens with zero attached hydrogens (tertiary/aromatic N) is 2. The topological polar surface area (TPSA) is 73.1 Å². The molecule has 148 valence electrons. The Morgan fingerprint density at radius 2 is 1.89 bits per heavy atom. The Hall–Kier alpha value is -2.09. The molecule has 2 N–H and O–H groups in total. The Kier molecular flexibility index (Phi) is 5.46. The van der Waals surface area contributed by atoms with Gasteiger partial charge in [-0.25, -0.2) is 0 Å². The fraction of sp³-hybridized carbons (Fsp3) is 0.579. The average Bonchev–Trinajstić information content (AvgIpc) is 3.01. The highest BCUT2D eigenvalue weighted by Crippen LogP contribution is 2.43. The number of alkyl halides is 3. The zero-order valence-corrected chi connectivity index (χ0v) is 14.9. The number of hydrogen-bond acceptors (Lipinski definition) is 4. The largest absolute Gasteiger partial charge is 0.508 e. The molecule has 1 aromatic rings. The van der Waals surface area contributed by atoms with Crippen LogP contribution in [0.4, 0.5) is 13.2 Å². The molecule has 0 saturated heterocycles. The van der Waals surface area contributed by atoms with Crippen molar-refractivity contribution in [2.45, 2.75) is 63.3 Å². The van der Waals surface area contributed by atoms with Gasteiger partial charge in [0, 0.05) is 18.6 Å². The van der Waals surface area contributed by atoms with Crippen LogP contribution in [0.15, 0.2) is 29.4 Å². The first-order valence-corrected chi connectivity index (χ1v) is 9.19. The number of phenolic OH excluding ortho intramolecular Hbond substituents is 1. The van der Waals surface area contributed by atoms with E-state index in [0.29, 0.717) is 5.56 Å². The Labute approximate surface area is 155 Å². The maximum absolute atomic E-state index is 13.6. The van der Waals surface area contributed by atoms with Gasteiger partial charge in [0.15, 0.2) is 0 Å². The van der Waals surface area contributed by atoms with Gasteiger partial charge in [-0.2, -0.15) is 23.3 Å². The predicted octanol–water partition coefficient (Wildman–Crippen LogP) is 3.74. The van der Waals surface area contributed by atoms with E-state index in [1.807, 2.05) is 0 Å². The summed E-state index contributed by atoms with van der Waals surface area (Å²) in [5.74, 6) is -1.06. The fourth-order valence-corrected chi connectivity index (χ4v) is 3.79. The van der Waals surface area contributed by atoms with E-state index < -0.39 is 24.2 Å². The van der Waals surface area contributed by atoms with Crippen LogP contribution >= 0.6 is 0 Å². The van der Waals surface area contributed by atoms with E-state index in [4.69, 9.17) is 0 Å². The van der Waals surface area contributed by atoms with Gasteiger partial charge in [0.2, 0.25) is 5.91 Å². The second kappa shape index (κ2) is 7.50. The number of aryl methyl sites for hydroxylation is 1. The zero-order chi connectivity index (χ0) is 19.7. The number of benzene rings is 1. The molecule has 27 heavy (non-hydrogen) atoms. The lowest BCUT2D eigenvalue weighted by molar-refractivity contribution is -0.302. The molecule has 0 bridgehead atoms. The quantitative estimate of drug-likeness (QED) is 0.831. The summed E-state index contributed by atoms with van der Waals surface area (Å²) in [7, 11) is 0. The third-order valence-electron chi connectivity index (χ3n) is 5.37. The summed E-state index contributed by atoms with van der Waals surface area (Å²) in [5, 5.41) is 24.2. The fourth-order valence-electron chi connectivity index (χ4n) is 3.79. The van der Waals surface area contributed by atoms with E-state index in [-0.39, 0.29) is 35.2 Å². The zero-order valence-electron chi connectivity index (χ0n) is 14.9. The smallest absolute Gasteiger partial charge is 0.438 e. The molecule has 3 rings (SSSR count). The Balaban J connectivity index is 1.78. The van der Waals surface area contributed by atoms with Gasteiger partial charge in [-0.3, -0.25) is 4.79 Å². The molecule has 1 unspecified atom stereocenters. The molecule has 1 aromatic carbocycles. The molecule has 1 saturated carbocycles. The van der Waals surface area contributed by atoms with E-state index in [2.05, 4.69) is 5.10 Å². The van der Waals surface area contributed by atoms with Crippen LogP contribution < -0.4 is 0 Å². The van der Waals surface area contributed by atoms with Gasteiger partial charge in [-0.15, -0.1) is 0 Å². The van der Waals surface area contributed by atoms with Crippen LogP contribution in [0.1, 0.15) is 50.5 Å². The SMILES string of the molecule is O=C(CCc1ccccc1O)N1N=C(C2CCCCC2)CC1(O)C(F)(F)F. The first-order valence-electron chi connectivity index (χ1n) is 9.19.